The van der Waals surface area contributed by atoms with Gasteiger partial charge in [0.15, 0.2) is 0 Å². The summed E-state index contributed by atoms with van der Waals surface area (Å²) in [6.07, 6.45) is 5.53. The van der Waals surface area contributed by atoms with Crippen LogP contribution in [0.4, 0.5) is 0 Å². The van der Waals surface area contributed by atoms with Crippen LogP contribution in [0, 0.1) is 22.7 Å². The molecule has 0 spiro atoms. The molecule has 0 aromatic heterocycles. The Hall–Kier alpha value is -0.590. The van der Waals surface area contributed by atoms with Gasteiger partial charge in [-0.15, -0.1) is 0 Å². The molecule has 3 heteroatoms. The zero-order valence-electron chi connectivity index (χ0n) is 9.28. The van der Waals surface area contributed by atoms with Gasteiger partial charge in [-0.2, -0.15) is 5.26 Å². The number of nitrogens with zero attached hydrogens (tertiary/aromatic N) is 2. The van der Waals surface area contributed by atoms with Gasteiger partial charge in [-0.1, -0.05) is 0 Å². The predicted molar refractivity (Wildman–Crippen MR) is 58.1 cm³/mol. The van der Waals surface area contributed by atoms with Crippen molar-refractivity contribution in [3.05, 3.63) is 0 Å². The van der Waals surface area contributed by atoms with Gasteiger partial charge in [0.25, 0.3) is 0 Å². The molecule has 1 saturated carbocycles. The molecule has 84 valence electrons. The minimum absolute atomic E-state index is 0.321. The molecule has 1 saturated heterocycles. The molecule has 1 aliphatic heterocycles. The zero-order chi connectivity index (χ0) is 10.7. The van der Waals surface area contributed by atoms with E-state index >= 15 is 0 Å². The maximum Gasteiger partial charge on any atom is 0.0628 e. The van der Waals surface area contributed by atoms with Crippen LogP contribution in [-0.4, -0.2) is 36.2 Å². The van der Waals surface area contributed by atoms with E-state index in [-0.39, 0.29) is 0 Å². The first kappa shape index (κ1) is 10.9. The van der Waals surface area contributed by atoms with Crippen LogP contribution in [0.2, 0.25) is 0 Å². The molecular weight excluding hydrogens is 188 g/mol. The van der Waals surface area contributed by atoms with Crippen molar-refractivity contribution >= 4 is 0 Å². The highest BCUT2D eigenvalue weighted by molar-refractivity contribution is 5.01. The van der Waals surface area contributed by atoms with Crippen LogP contribution < -0.4 is 0 Å². The summed E-state index contributed by atoms with van der Waals surface area (Å²) in [6, 6.07) is 2.31. The lowest BCUT2D eigenvalue weighted by Gasteiger charge is -2.34. The van der Waals surface area contributed by atoms with Gasteiger partial charge in [-0.25, -0.2) is 0 Å². The van der Waals surface area contributed by atoms with Gasteiger partial charge in [-0.05, 0) is 43.6 Å². The molecule has 1 N–H and O–H groups in total. The van der Waals surface area contributed by atoms with E-state index in [1.165, 1.54) is 19.3 Å². The molecule has 1 aliphatic carbocycles. The summed E-state index contributed by atoms with van der Waals surface area (Å²) in [5, 5.41) is 17.9. The largest absolute Gasteiger partial charge is 0.396 e. The maximum atomic E-state index is 9.15. The van der Waals surface area contributed by atoms with E-state index in [0.717, 1.165) is 26.1 Å². The summed E-state index contributed by atoms with van der Waals surface area (Å²) in [5.41, 5.74) is 0.325. The highest BCUT2D eigenvalue weighted by Crippen LogP contribution is 2.49. The Balaban J connectivity index is 1.82. The van der Waals surface area contributed by atoms with Crippen molar-refractivity contribution in [2.24, 2.45) is 11.3 Å². The number of piperidine rings is 1. The third kappa shape index (κ3) is 2.70. The first-order valence-electron chi connectivity index (χ1n) is 5.98. The van der Waals surface area contributed by atoms with Gasteiger partial charge in [-0.3, -0.25) is 0 Å². The van der Waals surface area contributed by atoms with Crippen LogP contribution in [-0.2, 0) is 0 Å². The van der Waals surface area contributed by atoms with E-state index in [0.29, 0.717) is 24.4 Å². The number of aliphatic hydroxyl groups excluding tert-OH is 1. The smallest absolute Gasteiger partial charge is 0.0628 e. The van der Waals surface area contributed by atoms with Gasteiger partial charge in [0, 0.05) is 26.1 Å². The standard InChI is InChI=1S/C12H20N2O/c13-6-5-12(3-4-12)10-14-7-1-2-11(8-14)9-15/h11,15H,1-5,7-10H2. The third-order valence-electron chi connectivity index (χ3n) is 3.83. The number of aliphatic hydroxyl groups is 1. The average Bonchev–Trinajstić information content (AvgIpc) is 2.99. The van der Waals surface area contributed by atoms with E-state index in [9.17, 15) is 0 Å². The Bertz CT molecular complexity index is 255. The lowest BCUT2D eigenvalue weighted by molar-refractivity contribution is 0.104. The molecule has 2 fully saturated rings. The summed E-state index contributed by atoms with van der Waals surface area (Å²) in [5.74, 6) is 0.469. The Kier molecular flexibility index (Phi) is 3.28. The minimum Gasteiger partial charge on any atom is -0.396 e. The normalized spacial score (nSPS) is 29.7. The molecule has 0 bridgehead atoms. The van der Waals surface area contributed by atoms with Crippen LogP contribution in [0.25, 0.3) is 0 Å². The quantitative estimate of drug-likeness (QED) is 0.759. The molecule has 1 heterocycles. The lowest BCUT2D eigenvalue weighted by atomic mass is 9.96. The number of hydrogen-bond donors (Lipinski definition) is 1. The van der Waals surface area contributed by atoms with Crippen LogP contribution in [0.5, 0.6) is 0 Å². The van der Waals surface area contributed by atoms with Crippen molar-refractivity contribution in [3.63, 3.8) is 0 Å². The van der Waals surface area contributed by atoms with E-state index in [2.05, 4.69) is 11.0 Å². The molecule has 0 amide bonds. The lowest BCUT2D eigenvalue weighted by Crippen LogP contribution is -2.40. The van der Waals surface area contributed by atoms with Crippen molar-refractivity contribution in [1.29, 1.82) is 5.26 Å². The van der Waals surface area contributed by atoms with Crippen LogP contribution >= 0.6 is 0 Å². The first-order valence-corrected chi connectivity index (χ1v) is 5.98. The molecule has 2 aliphatic rings. The maximum absolute atomic E-state index is 9.15. The SMILES string of the molecule is N#CCC1(CN2CCCC(CO)C2)CC1. The van der Waals surface area contributed by atoms with E-state index in [1.807, 2.05) is 0 Å². The van der Waals surface area contributed by atoms with Crippen molar-refractivity contribution in [3.8, 4) is 6.07 Å². The average molecular weight is 208 g/mol. The van der Waals surface area contributed by atoms with Crippen LogP contribution in [0.15, 0.2) is 0 Å². The number of nitriles is 1. The highest BCUT2D eigenvalue weighted by atomic mass is 16.3. The number of likely N-dealkylation sites (tertiary alicyclic amines) is 1. The fourth-order valence-corrected chi connectivity index (χ4v) is 2.65. The molecule has 3 nitrogen and oxygen atoms in total. The zero-order valence-corrected chi connectivity index (χ0v) is 9.28. The Labute approximate surface area is 91.7 Å². The monoisotopic (exact) mass is 208 g/mol. The first-order chi connectivity index (χ1) is 7.28. The fraction of sp³-hybridized carbons (Fsp3) is 0.917. The Morgan fingerprint density at radius 2 is 2.27 bits per heavy atom. The molecule has 1 unspecified atom stereocenters. The Morgan fingerprint density at radius 3 is 2.87 bits per heavy atom. The van der Waals surface area contributed by atoms with Gasteiger partial charge in [0.05, 0.1) is 6.07 Å². The molecule has 0 aromatic rings. The van der Waals surface area contributed by atoms with Gasteiger partial charge in [0.2, 0.25) is 0 Å². The summed E-state index contributed by atoms with van der Waals surface area (Å²) < 4.78 is 0. The van der Waals surface area contributed by atoms with Gasteiger partial charge < -0.3 is 10.0 Å². The van der Waals surface area contributed by atoms with Gasteiger partial charge >= 0.3 is 0 Å². The van der Waals surface area contributed by atoms with Gasteiger partial charge in [0.1, 0.15) is 0 Å². The Morgan fingerprint density at radius 1 is 1.47 bits per heavy atom. The second-order valence-electron chi connectivity index (χ2n) is 5.26. The van der Waals surface area contributed by atoms with Crippen LogP contribution in [0.3, 0.4) is 0 Å². The summed E-state index contributed by atoms with van der Waals surface area (Å²) in [7, 11) is 0. The molecule has 15 heavy (non-hydrogen) atoms. The fourth-order valence-electron chi connectivity index (χ4n) is 2.65. The minimum atomic E-state index is 0.321. The summed E-state index contributed by atoms with van der Waals surface area (Å²) in [4.78, 5) is 2.45. The van der Waals surface area contributed by atoms with Crippen molar-refractivity contribution in [2.45, 2.75) is 32.1 Å². The summed E-state index contributed by atoms with van der Waals surface area (Å²) in [6.45, 7) is 3.59. The van der Waals surface area contributed by atoms with Crippen LogP contribution in [0.1, 0.15) is 32.1 Å². The van der Waals surface area contributed by atoms with Crippen molar-refractivity contribution < 1.29 is 5.11 Å². The number of hydrogen-bond acceptors (Lipinski definition) is 3. The van der Waals surface area contributed by atoms with Crippen molar-refractivity contribution in [1.82, 2.24) is 4.90 Å². The molecule has 2 rings (SSSR count). The highest BCUT2D eigenvalue weighted by Gasteiger charge is 2.44. The van der Waals surface area contributed by atoms with Crippen molar-refractivity contribution in [2.75, 3.05) is 26.2 Å². The predicted octanol–water partition coefficient (Wildman–Crippen LogP) is 1.38. The third-order valence-corrected chi connectivity index (χ3v) is 3.83. The second-order valence-corrected chi connectivity index (χ2v) is 5.26. The topological polar surface area (TPSA) is 47.3 Å². The van der Waals surface area contributed by atoms with E-state index in [1.54, 1.807) is 0 Å². The van der Waals surface area contributed by atoms with E-state index in [4.69, 9.17) is 10.4 Å². The van der Waals surface area contributed by atoms with E-state index < -0.39 is 0 Å². The molecule has 0 radical (unpaired) electrons. The summed E-state index contributed by atoms with van der Waals surface area (Å²) >= 11 is 0. The molecule has 0 aromatic carbocycles. The molecular formula is C12H20N2O. The number of rotatable bonds is 4. The molecule has 1 atom stereocenters. The second kappa shape index (κ2) is 4.51.